The molecule has 0 aromatic heterocycles. The summed E-state index contributed by atoms with van der Waals surface area (Å²) in [5.41, 5.74) is 0. The molecule has 2 aliphatic rings. The lowest BCUT2D eigenvalue weighted by Gasteiger charge is -2.31. The van der Waals surface area contributed by atoms with Crippen molar-refractivity contribution in [2.24, 2.45) is 5.92 Å². The number of hydrogen-bond acceptors (Lipinski definition) is 3. The molecule has 2 fully saturated rings. The summed E-state index contributed by atoms with van der Waals surface area (Å²) in [6, 6.07) is 0. The van der Waals surface area contributed by atoms with Crippen LogP contribution in [0.4, 0.5) is 0 Å². The molecule has 1 N–H and O–H groups in total. The van der Waals surface area contributed by atoms with E-state index in [4.69, 9.17) is 4.74 Å². The van der Waals surface area contributed by atoms with E-state index in [1.807, 2.05) is 11.9 Å². The third-order valence-corrected chi connectivity index (χ3v) is 3.77. The first-order valence-electron chi connectivity index (χ1n) is 6.84. The van der Waals surface area contributed by atoms with E-state index in [1.165, 1.54) is 12.8 Å². The first-order chi connectivity index (χ1) is 8.27. The van der Waals surface area contributed by atoms with E-state index in [9.17, 15) is 4.79 Å². The first-order valence-corrected chi connectivity index (χ1v) is 6.84. The molecule has 2 aliphatic heterocycles. The van der Waals surface area contributed by atoms with E-state index in [1.54, 1.807) is 0 Å². The average Bonchev–Trinajstić information content (AvgIpc) is 2.40. The lowest BCUT2D eigenvalue weighted by Crippen LogP contribution is -2.44. The van der Waals surface area contributed by atoms with Crippen molar-refractivity contribution in [3.05, 3.63) is 0 Å². The van der Waals surface area contributed by atoms with Gasteiger partial charge in [0.05, 0.1) is 12.0 Å². The number of rotatable bonds is 3. The molecule has 1 amide bonds. The second-order valence-corrected chi connectivity index (χ2v) is 5.25. The van der Waals surface area contributed by atoms with Crippen molar-refractivity contribution in [3.8, 4) is 0 Å². The minimum absolute atomic E-state index is 0. The number of hydrogen-bond donors (Lipinski definition) is 1. The van der Waals surface area contributed by atoms with Crippen LogP contribution in [0.2, 0.25) is 0 Å². The molecule has 2 atom stereocenters. The number of nitrogens with one attached hydrogen (secondary N) is 1. The van der Waals surface area contributed by atoms with E-state index in [0.29, 0.717) is 0 Å². The molecule has 2 heterocycles. The topological polar surface area (TPSA) is 41.6 Å². The van der Waals surface area contributed by atoms with Crippen LogP contribution in [0.5, 0.6) is 0 Å². The van der Waals surface area contributed by atoms with Crippen LogP contribution >= 0.6 is 12.4 Å². The minimum Gasteiger partial charge on any atom is -0.376 e. The molecule has 0 radical (unpaired) electrons. The highest BCUT2D eigenvalue weighted by molar-refractivity contribution is 5.85. The van der Waals surface area contributed by atoms with E-state index in [0.717, 1.165) is 45.5 Å². The molecular weight excluding hydrogens is 252 g/mol. The molecule has 0 saturated carbocycles. The third-order valence-electron chi connectivity index (χ3n) is 3.77. The Labute approximate surface area is 116 Å². The van der Waals surface area contributed by atoms with Gasteiger partial charge in [0.25, 0.3) is 0 Å². The van der Waals surface area contributed by atoms with E-state index < -0.39 is 0 Å². The summed E-state index contributed by atoms with van der Waals surface area (Å²) in [6.07, 6.45) is 5.90. The number of amides is 1. The van der Waals surface area contributed by atoms with Gasteiger partial charge in [0.15, 0.2) is 0 Å². The Kier molecular flexibility index (Phi) is 6.97. The molecule has 0 aromatic carbocycles. The van der Waals surface area contributed by atoms with Gasteiger partial charge in [0, 0.05) is 26.7 Å². The largest absolute Gasteiger partial charge is 0.376 e. The molecule has 18 heavy (non-hydrogen) atoms. The zero-order valence-electron chi connectivity index (χ0n) is 11.2. The Bertz CT molecular complexity index is 251. The molecular formula is C13H25ClN2O2. The van der Waals surface area contributed by atoms with Gasteiger partial charge in [-0.2, -0.15) is 0 Å². The van der Waals surface area contributed by atoms with Crippen molar-refractivity contribution in [2.45, 2.75) is 38.2 Å². The third kappa shape index (κ3) is 4.41. The Morgan fingerprint density at radius 1 is 1.33 bits per heavy atom. The van der Waals surface area contributed by atoms with Crippen LogP contribution in [0, 0.1) is 5.92 Å². The molecule has 0 spiro atoms. The van der Waals surface area contributed by atoms with Gasteiger partial charge < -0.3 is 15.0 Å². The Morgan fingerprint density at radius 2 is 2.17 bits per heavy atom. The molecule has 106 valence electrons. The maximum atomic E-state index is 12.2. The van der Waals surface area contributed by atoms with Crippen LogP contribution in [0.15, 0.2) is 0 Å². The Hall–Kier alpha value is -0.320. The van der Waals surface area contributed by atoms with Crippen LogP contribution < -0.4 is 5.32 Å². The average molecular weight is 277 g/mol. The van der Waals surface area contributed by atoms with Gasteiger partial charge in [0.2, 0.25) is 5.91 Å². The van der Waals surface area contributed by atoms with Crippen molar-refractivity contribution in [1.82, 2.24) is 10.2 Å². The van der Waals surface area contributed by atoms with Crippen LogP contribution in [0.25, 0.3) is 0 Å². The predicted molar refractivity (Wildman–Crippen MR) is 74.1 cm³/mol. The number of carbonyl (C=O) groups excluding carboxylic acids is 1. The van der Waals surface area contributed by atoms with E-state index >= 15 is 0 Å². The smallest absolute Gasteiger partial charge is 0.226 e. The molecule has 4 nitrogen and oxygen atoms in total. The van der Waals surface area contributed by atoms with Crippen molar-refractivity contribution in [2.75, 3.05) is 33.3 Å². The SMILES string of the molecule is CN(CC1CCCCO1)C(=O)C1CCCNC1.Cl. The summed E-state index contributed by atoms with van der Waals surface area (Å²) in [4.78, 5) is 14.1. The highest BCUT2D eigenvalue weighted by Crippen LogP contribution is 2.16. The second kappa shape index (κ2) is 7.97. The number of ether oxygens (including phenoxy) is 1. The van der Waals surface area contributed by atoms with Gasteiger partial charge in [-0.3, -0.25) is 4.79 Å². The van der Waals surface area contributed by atoms with Gasteiger partial charge in [-0.15, -0.1) is 12.4 Å². The fraction of sp³-hybridized carbons (Fsp3) is 0.923. The summed E-state index contributed by atoms with van der Waals surface area (Å²) in [7, 11) is 1.91. The molecule has 2 rings (SSSR count). The van der Waals surface area contributed by atoms with Gasteiger partial charge in [-0.25, -0.2) is 0 Å². The van der Waals surface area contributed by atoms with Crippen LogP contribution in [0.1, 0.15) is 32.1 Å². The summed E-state index contributed by atoms with van der Waals surface area (Å²) >= 11 is 0. The lowest BCUT2D eigenvalue weighted by molar-refractivity contribution is -0.137. The summed E-state index contributed by atoms with van der Waals surface area (Å²) in [5.74, 6) is 0.462. The Balaban J connectivity index is 0.00000162. The second-order valence-electron chi connectivity index (χ2n) is 5.25. The number of halogens is 1. The van der Waals surface area contributed by atoms with Gasteiger partial charge in [-0.1, -0.05) is 0 Å². The maximum Gasteiger partial charge on any atom is 0.226 e. The standard InChI is InChI=1S/C13H24N2O2.ClH/c1-15(10-12-6-2-3-8-17-12)13(16)11-5-4-7-14-9-11;/h11-12,14H,2-10H2,1H3;1H. The van der Waals surface area contributed by atoms with E-state index in [2.05, 4.69) is 5.32 Å². The number of nitrogens with zero attached hydrogens (tertiary/aromatic N) is 1. The molecule has 5 heteroatoms. The monoisotopic (exact) mass is 276 g/mol. The summed E-state index contributed by atoms with van der Waals surface area (Å²) in [6.45, 7) is 3.51. The highest BCUT2D eigenvalue weighted by atomic mass is 35.5. The first kappa shape index (κ1) is 15.7. The van der Waals surface area contributed by atoms with Crippen LogP contribution in [-0.2, 0) is 9.53 Å². The maximum absolute atomic E-state index is 12.2. The van der Waals surface area contributed by atoms with Crippen molar-refractivity contribution in [1.29, 1.82) is 0 Å². The summed E-state index contributed by atoms with van der Waals surface area (Å²) < 4.78 is 5.68. The predicted octanol–water partition coefficient (Wildman–Crippen LogP) is 1.44. The highest BCUT2D eigenvalue weighted by Gasteiger charge is 2.26. The molecule has 2 saturated heterocycles. The van der Waals surface area contributed by atoms with Crippen LogP contribution in [0.3, 0.4) is 0 Å². The van der Waals surface area contributed by atoms with Gasteiger partial charge >= 0.3 is 0 Å². The van der Waals surface area contributed by atoms with Crippen molar-refractivity contribution < 1.29 is 9.53 Å². The molecule has 0 bridgehead atoms. The lowest BCUT2D eigenvalue weighted by atomic mass is 9.98. The fourth-order valence-corrected chi connectivity index (χ4v) is 2.72. The number of piperidine rings is 1. The quantitative estimate of drug-likeness (QED) is 0.848. The fourth-order valence-electron chi connectivity index (χ4n) is 2.72. The van der Waals surface area contributed by atoms with Gasteiger partial charge in [0.1, 0.15) is 0 Å². The van der Waals surface area contributed by atoms with E-state index in [-0.39, 0.29) is 30.3 Å². The summed E-state index contributed by atoms with van der Waals surface area (Å²) in [5, 5.41) is 3.30. The zero-order valence-corrected chi connectivity index (χ0v) is 12.0. The Morgan fingerprint density at radius 3 is 2.78 bits per heavy atom. The molecule has 0 aliphatic carbocycles. The van der Waals surface area contributed by atoms with Gasteiger partial charge in [-0.05, 0) is 38.6 Å². The minimum atomic E-state index is 0. The molecule has 0 aromatic rings. The van der Waals surface area contributed by atoms with Crippen molar-refractivity contribution >= 4 is 18.3 Å². The van der Waals surface area contributed by atoms with Crippen LogP contribution in [-0.4, -0.2) is 50.2 Å². The number of carbonyl (C=O) groups is 1. The van der Waals surface area contributed by atoms with Crippen molar-refractivity contribution in [3.63, 3.8) is 0 Å². The normalized spacial score (nSPS) is 28.3. The molecule has 2 unspecified atom stereocenters. The zero-order chi connectivity index (χ0) is 12.1. The number of likely N-dealkylation sites (N-methyl/N-ethyl adjacent to an activating group) is 1.